The van der Waals surface area contributed by atoms with E-state index in [9.17, 15) is 8.42 Å². The van der Waals surface area contributed by atoms with Gasteiger partial charge in [-0.3, -0.25) is 9.30 Å². The summed E-state index contributed by atoms with van der Waals surface area (Å²) in [6, 6.07) is 11.2. The first-order chi connectivity index (χ1) is 14.0. The van der Waals surface area contributed by atoms with Crippen molar-refractivity contribution in [3.8, 4) is 0 Å². The maximum atomic E-state index is 13.0. The fourth-order valence-electron chi connectivity index (χ4n) is 3.96. The molecule has 2 aliphatic heterocycles. The van der Waals surface area contributed by atoms with Crippen molar-refractivity contribution in [2.45, 2.75) is 21.8 Å². The molecule has 6 nitrogen and oxygen atoms in total. The van der Waals surface area contributed by atoms with Gasteiger partial charge in [-0.2, -0.15) is 0 Å². The van der Waals surface area contributed by atoms with E-state index in [0.717, 1.165) is 54.1 Å². The first-order valence-electron chi connectivity index (χ1n) is 9.57. The average molecular weight is 447 g/mol. The second-order valence-electron chi connectivity index (χ2n) is 7.49. The van der Waals surface area contributed by atoms with E-state index >= 15 is 0 Å². The number of aromatic nitrogens is 1. The van der Waals surface area contributed by atoms with Crippen LogP contribution in [0.5, 0.6) is 0 Å². The van der Waals surface area contributed by atoms with Gasteiger partial charge >= 0.3 is 0 Å². The monoisotopic (exact) mass is 446 g/mol. The van der Waals surface area contributed by atoms with E-state index < -0.39 is 10.0 Å². The van der Waals surface area contributed by atoms with Gasteiger partial charge in [0.1, 0.15) is 9.25 Å². The molecule has 0 amide bonds. The number of sulfonamides is 1. The first kappa shape index (κ1) is 19.2. The van der Waals surface area contributed by atoms with Gasteiger partial charge in [-0.05, 0) is 49.5 Å². The summed E-state index contributed by atoms with van der Waals surface area (Å²) in [6.07, 6.45) is 2.25. The zero-order valence-electron chi connectivity index (χ0n) is 16.0. The molecule has 3 aromatic rings. The summed E-state index contributed by atoms with van der Waals surface area (Å²) in [5.41, 5.74) is 2.43. The van der Waals surface area contributed by atoms with E-state index in [2.05, 4.69) is 16.4 Å². The van der Waals surface area contributed by atoms with Gasteiger partial charge in [-0.15, -0.1) is 11.3 Å². The number of H-pyrrole nitrogens is 1. The van der Waals surface area contributed by atoms with Crippen LogP contribution in [0.1, 0.15) is 18.5 Å². The van der Waals surface area contributed by atoms with Gasteiger partial charge in [0.25, 0.3) is 10.0 Å². The van der Waals surface area contributed by atoms with E-state index in [-0.39, 0.29) is 4.75 Å². The lowest BCUT2D eigenvalue weighted by atomic mass is 9.97. The van der Waals surface area contributed by atoms with Crippen LogP contribution in [0.4, 0.5) is 5.69 Å². The molecule has 1 aromatic carbocycles. The van der Waals surface area contributed by atoms with Crippen LogP contribution in [0.25, 0.3) is 10.9 Å². The Balaban J connectivity index is 1.49. The standard InChI is InChI=1S/C20H22N4O2S3/c1-24(29(25,26)17-6-3-11-27-17)16-5-2-4-14-12-15(23-18(14)16)19-22-13-20(28-19)7-9-21-10-8-20/h2-6,11-12,21,23H,7-10,13H2,1H3. The van der Waals surface area contributed by atoms with E-state index in [0.29, 0.717) is 9.90 Å². The summed E-state index contributed by atoms with van der Waals surface area (Å²) < 4.78 is 27.9. The number of anilines is 1. The minimum absolute atomic E-state index is 0.208. The summed E-state index contributed by atoms with van der Waals surface area (Å²) >= 11 is 3.10. The summed E-state index contributed by atoms with van der Waals surface area (Å²) in [7, 11) is -1.98. The predicted octanol–water partition coefficient (Wildman–Crippen LogP) is 3.67. The molecule has 1 spiro atoms. The molecule has 2 N–H and O–H groups in total. The van der Waals surface area contributed by atoms with Gasteiger partial charge in [-0.25, -0.2) is 8.42 Å². The van der Waals surface area contributed by atoms with Crippen molar-refractivity contribution in [2.24, 2.45) is 4.99 Å². The molecule has 1 fully saturated rings. The van der Waals surface area contributed by atoms with Crippen molar-refractivity contribution in [2.75, 3.05) is 31.0 Å². The molecule has 0 unspecified atom stereocenters. The molecule has 5 rings (SSSR count). The zero-order valence-corrected chi connectivity index (χ0v) is 18.5. The molecule has 0 bridgehead atoms. The summed E-state index contributed by atoms with van der Waals surface area (Å²) in [5.74, 6) is 0. The Morgan fingerprint density at radius 2 is 2.00 bits per heavy atom. The van der Waals surface area contributed by atoms with Crippen molar-refractivity contribution < 1.29 is 8.42 Å². The highest BCUT2D eigenvalue weighted by molar-refractivity contribution is 8.15. The number of nitrogens with zero attached hydrogens (tertiary/aromatic N) is 2. The average Bonchev–Trinajstić information content (AvgIpc) is 3.47. The lowest BCUT2D eigenvalue weighted by Crippen LogP contribution is -2.40. The van der Waals surface area contributed by atoms with Crippen LogP contribution < -0.4 is 9.62 Å². The Labute approximate surface area is 178 Å². The number of fused-ring (bicyclic) bond motifs is 1. The topological polar surface area (TPSA) is 77.6 Å². The fraction of sp³-hybridized carbons (Fsp3) is 0.350. The number of hydrogen-bond donors (Lipinski definition) is 2. The Hall–Kier alpha value is -1.81. The second-order valence-corrected chi connectivity index (χ2v) is 12.1. The van der Waals surface area contributed by atoms with Crippen molar-refractivity contribution >= 4 is 54.8 Å². The minimum Gasteiger partial charge on any atom is -0.351 e. The van der Waals surface area contributed by atoms with Crippen molar-refractivity contribution in [3.05, 3.63) is 47.5 Å². The third-order valence-corrected chi connectivity index (χ3v) is 10.3. The van der Waals surface area contributed by atoms with Gasteiger partial charge in [0.2, 0.25) is 0 Å². The number of hydrogen-bond acceptors (Lipinski definition) is 6. The Morgan fingerprint density at radius 3 is 2.76 bits per heavy atom. The molecule has 1 saturated heterocycles. The van der Waals surface area contributed by atoms with Crippen molar-refractivity contribution in [3.63, 3.8) is 0 Å². The molecular weight excluding hydrogens is 424 g/mol. The first-order valence-corrected chi connectivity index (χ1v) is 12.7. The third-order valence-electron chi connectivity index (χ3n) is 5.65. The van der Waals surface area contributed by atoms with Crippen molar-refractivity contribution in [1.82, 2.24) is 10.3 Å². The lowest BCUT2D eigenvalue weighted by molar-refractivity contribution is 0.426. The normalized spacial score (nSPS) is 19.0. The van der Waals surface area contributed by atoms with Crippen LogP contribution in [-0.4, -0.2) is 49.9 Å². The van der Waals surface area contributed by atoms with E-state index in [1.54, 1.807) is 24.6 Å². The predicted molar refractivity (Wildman–Crippen MR) is 122 cm³/mol. The molecule has 0 atom stereocenters. The quantitative estimate of drug-likeness (QED) is 0.641. The number of thioether (sulfide) groups is 1. The van der Waals surface area contributed by atoms with E-state index in [4.69, 9.17) is 4.99 Å². The smallest absolute Gasteiger partial charge is 0.273 e. The number of thiophene rings is 1. The highest BCUT2D eigenvalue weighted by Crippen LogP contribution is 2.42. The van der Waals surface area contributed by atoms with Crippen molar-refractivity contribution in [1.29, 1.82) is 0 Å². The van der Waals surface area contributed by atoms with Crippen LogP contribution in [0.3, 0.4) is 0 Å². The highest BCUT2D eigenvalue weighted by atomic mass is 32.2. The summed E-state index contributed by atoms with van der Waals surface area (Å²) in [5, 5.41) is 7.21. The summed E-state index contributed by atoms with van der Waals surface area (Å²) in [6.45, 7) is 2.93. The van der Waals surface area contributed by atoms with Crippen LogP contribution in [0.15, 0.2) is 51.0 Å². The van der Waals surface area contributed by atoms with Gasteiger partial charge in [0, 0.05) is 17.2 Å². The number of benzene rings is 1. The molecule has 152 valence electrons. The molecule has 0 radical (unpaired) electrons. The number of aromatic amines is 1. The maximum Gasteiger partial charge on any atom is 0.273 e. The Morgan fingerprint density at radius 1 is 1.17 bits per heavy atom. The number of piperidine rings is 1. The molecule has 2 aliphatic rings. The third kappa shape index (κ3) is 3.30. The molecule has 4 heterocycles. The largest absolute Gasteiger partial charge is 0.351 e. The van der Waals surface area contributed by atoms with E-state index in [1.165, 1.54) is 15.6 Å². The number of nitrogens with one attached hydrogen (secondary N) is 2. The van der Waals surface area contributed by atoms with Gasteiger partial charge < -0.3 is 10.3 Å². The Kier molecular flexibility index (Phi) is 4.73. The number of para-hydroxylation sites is 1. The highest BCUT2D eigenvalue weighted by Gasteiger charge is 2.38. The van der Waals surface area contributed by atoms with Crippen LogP contribution in [0.2, 0.25) is 0 Å². The molecular formula is C20H22N4O2S3. The van der Waals surface area contributed by atoms with Gasteiger partial charge in [0.15, 0.2) is 0 Å². The maximum absolute atomic E-state index is 13.0. The van der Waals surface area contributed by atoms with E-state index in [1.807, 2.05) is 30.0 Å². The van der Waals surface area contributed by atoms with Crippen LogP contribution in [0, 0.1) is 0 Å². The molecule has 2 aromatic heterocycles. The molecule has 0 aliphatic carbocycles. The molecule has 29 heavy (non-hydrogen) atoms. The SMILES string of the molecule is CN(c1cccc2cc(C3=NCC4(CCNCC4)S3)[nH]c12)S(=O)(=O)c1cccs1. The number of rotatable bonds is 4. The van der Waals surface area contributed by atoms with Gasteiger partial charge in [-0.1, -0.05) is 30.0 Å². The fourth-order valence-corrected chi connectivity index (χ4v) is 7.63. The molecule has 9 heteroatoms. The van der Waals surface area contributed by atoms with Gasteiger partial charge in [0.05, 0.1) is 23.4 Å². The Bertz CT molecular complexity index is 1180. The second kappa shape index (κ2) is 7.16. The number of aliphatic imine (C=N–C) groups is 1. The van der Waals surface area contributed by atoms with Crippen LogP contribution >= 0.6 is 23.1 Å². The lowest BCUT2D eigenvalue weighted by Gasteiger charge is -2.31. The van der Waals surface area contributed by atoms with Crippen LogP contribution in [-0.2, 0) is 10.0 Å². The zero-order chi connectivity index (χ0) is 20.1. The molecule has 0 saturated carbocycles. The minimum atomic E-state index is -3.58. The summed E-state index contributed by atoms with van der Waals surface area (Å²) in [4.78, 5) is 8.29.